The van der Waals surface area contributed by atoms with Crippen LogP contribution >= 0.6 is 0 Å². The fraction of sp³-hybridized carbons (Fsp3) is 0.0556. The van der Waals surface area contributed by atoms with Crippen LogP contribution in [-0.2, 0) is 11.4 Å². The van der Waals surface area contributed by atoms with Crippen molar-refractivity contribution in [3.8, 4) is 0 Å². The van der Waals surface area contributed by atoms with Gasteiger partial charge in [-0.15, -0.1) is 0 Å². The highest BCUT2D eigenvalue weighted by Crippen LogP contribution is 2.15. The van der Waals surface area contributed by atoms with Gasteiger partial charge in [0.25, 0.3) is 11.8 Å². The first-order valence-electron chi connectivity index (χ1n) is 7.46. The van der Waals surface area contributed by atoms with Crippen molar-refractivity contribution >= 4 is 22.6 Å². The Hall–Kier alpha value is -3.29. The largest absolute Gasteiger partial charge is 0.288 e. The molecule has 3 rings (SSSR count). The van der Waals surface area contributed by atoms with E-state index >= 15 is 0 Å². The molecule has 0 aliphatic carbocycles. The lowest BCUT2D eigenvalue weighted by Crippen LogP contribution is -2.24. The number of carbonyl (C=O) groups is 2. The standard InChI is InChI=1S/C18H15N3O4/c22-17(20-24)13-3-5-14(6-4-13)18(23)21-25-11-12-1-2-16-10-19-8-7-15(16)9-12/h1-10,24H,11H2,(H,20,22)(H,21,23). The second-order valence-corrected chi connectivity index (χ2v) is 5.30. The van der Waals surface area contributed by atoms with Crippen molar-refractivity contribution in [1.82, 2.24) is 15.9 Å². The molecule has 1 heterocycles. The van der Waals surface area contributed by atoms with Gasteiger partial charge >= 0.3 is 0 Å². The Morgan fingerprint density at radius 3 is 2.40 bits per heavy atom. The van der Waals surface area contributed by atoms with E-state index in [9.17, 15) is 9.59 Å². The molecular weight excluding hydrogens is 322 g/mol. The molecule has 0 atom stereocenters. The number of benzene rings is 2. The second-order valence-electron chi connectivity index (χ2n) is 5.30. The third-order valence-corrected chi connectivity index (χ3v) is 3.62. The van der Waals surface area contributed by atoms with Crippen molar-refractivity contribution in [3.05, 3.63) is 77.6 Å². The number of aromatic nitrogens is 1. The molecule has 7 heteroatoms. The molecule has 3 aromatic rings. The molecule has 25 heavy (non-hydrogen) atoms. The number of pyridine rings is 1. The highest BCUT2D eigenvalue weighted by atomic mass is 16.6. The third-order valence-electron chi connectivity index (χ3n) is 3.62. The fourth-order valence-electron chi connectivity index (χ4n) is 2.30. The lowest BCUT2D eigenvalue weighted by atomic mass is 10.1. The average molecular weight is 337 g/mol. The van der Waals surface area contributed by atoms with E-state index in [2.05, 4.69) is 10.5 Å². The number of rotatable bonds is 5. The van der Waals surface area contributed by atoms with Gasteiger partial charge in [-0.1, -0.05) is 12.1 Å². The normalized spacial score (nSPS) is 10.4. The van der Waals surface area contributed by atoms with Crippen LogP contribution in [0, 0.1) is 0 Å². The topological polar surface area (TPSA) is 101 Å². The van der Waals surface area contributed by atoms with Crippen LogP contribution in [0.15, 0.2) is 60.9 Å². The number of hydroxylamine groups is 2. The van der Waals surface area contributed by atoms with Crippen molar-refractivity contribution in [1.29, 1.82) is 0 Å². The maximum atomic E-state index is 12.0. The summed E-state index contributed by atoms with van der Waals surface area (Å²) in [5, 5.41) is 10.6. The molecule has 0 fully saturated rings. The first-order valence-corrected chi connectivity index (χ1v) is 7.46. The van der Waals surface area contributed by atoms with E-state index in [-0.39, 0.29) is 12.2 Å². The van der Waals surface area contributed by atoms with Crippen LogP contribution in [0.3, 0.4) is 0 Å². The molecule has 3 N–H and O–H groups in total. The van der Waals surface area contributed by atoms with E-state index in [1.165, 1.54) is 29.7 Å². The van der Waals surface area contributed by atoms with Gasteiger partial charge in [0.15, 0.2) is 0 Å². The van der Waals surface area contributed by atoms with Crippen LogP contribution in [-0.4, -0.2) is 22.0 Å². The van der Waals surface area contributed by atoms with Crippen LogP contribution in [0.25, 0.3) is 10.8 Å². The Balaban J connectivity index is 1.57. The lowest BCUT2D eigenvalue weighted by Gasteiger charge is -2.07. The number of nitrogens with zero attached hydrogens (tertiary/aromatic N) is 1. The van der Waals surface area contributed by atoms with Crippen LogP contribution < -0.4 is 11.0 Å². The summed E-state index contributed by atoms with van der Waals surface area (Å²) in [4.78, 5) is 32.5. The first kappa shape index (κ1) is 16.6. The molecule has 1 aromatic heterocycles. The van der Waals surface area contributed by atoms with Gasteiger partial charge in [0.05, 0.1) is 6.61 Å². The minimum atomic E-state index is -0.644. The smallest absolute Gasteiger partial charge is 0.274 e. The molecule has 0 aliphatic heterocycles. The molecular formula is C18H15N3O4. The zero-order valence-electron chi connectivity index (χ0n) is 13.1. The second kappa shape index (κ2) is 7.52. The molecule has 0 unspecified atom stereocenters. The van der Waals surface area contributed by atoms with E-state index < -0.39 is 11.8 Å². The van der Waals surface area contributed by atoms with Gasteiger partial charge in [0.2, 0.25) is 0 Å². The summed E-state index contributed by atoms with van der Waals surface area (Å²) in [7, 11) is 0. The zero-order valence-corrected chi connectivity index (χ0v) is 13.1. The zero-order chi connectivity index (χ0) is 17.6. The average Bonchev–Trinajstić information content (AvgIpc) is 2.67. The van der Waals surface area contributed by atoms with Gasteiger partial charge in [-0.3, -0.25) is 24.6 Å². The van der Waals surface area contributed by atoms with Crippen LogP contribution in [0.5, 0.6) is 0 Å². The Kier molecular flexibility index (Phi) is 4.98. The molecule has 0 spiro atoms. The van der Waals surface area contributed by atoms with Crippen molar-refractivity contribution in [3.63, 3.8) is 0 Å². The van der Waals surface area contributed by atoms with E-state index in [4.69, 9.17) is 10.0 Å². The Bertz CT molecular complexity index is 910. The molecule has 2 aromatic carbocycles. The third kappa shape index (κ3) is 3.97. The lowest BCUT2D eigenvalue weighted by molar-refractivity contribution is 0.0234. The van der Waals surface area contributed by atoms with Gasteiger partial charge < -0.3 is 0 Å². The highest BCUT2D eigenvalue weighted by Gasteiger charge is 2.08. The Labute approximate surface area is 143 Å². The summed E-state index contributed by atoms with van der Waals surface area (Å²) < 4.78 is 0. The minimum Gasteiger partial charge on any atom is -0.288 e. The summed E-state index contributed by atoms with van der Waals surface area (Å²) in [6.07, 6.45) is 3.50. The highest BCUT2D eigenvalue weighted by molar-refractivity contribution is 5.97. The van der Waals surface area contributed by atoms with Crippen LogP contribution in [0.4, 0.5) is 0 Å². The quantitative estimate of drug-likeness (QED) is 0.489. The SMILES string of the molecule is O=C(NO)c1ccc(C(=O)NOCc2ccc3cnccc3c2)cc1. The number of carbonyl (C=O) groups excluding carboxylic acids is 2. The molecule has 0 aliphatic rings. The van der Waals surface area contributed by atoms with E-state index in [0.717, 1.165) is 16.3 Å². The maximum Gasteiger partial charge on any atom is 0.274 e. The molecule has 0 radical (unpaired) electrons. The molecule has 126 valence electrons. The number of nitrogens with one attached hydrogen (secondary N) is 2. The number of amides is 2. The predicted molar refractivity (Wildman–Crippen MR) is 89.7 cm³/mol. The van der Waals surface area contributed by atoms with Crippen molar-refractivity contribution in [2.45, 2.75) is 6.61 Å². The van der Waals surface area contributed by atoms with Crippen molar-refractivity contribution in [2.75, 3.05) is 0 Å². The van der Waals surface area contributed by atoms with Crippen LogP contribution in [0.2, 0.25) is 0 Å². The predicted octanol–water partition coefficient (Wildman–Crippen LogP) is 2.22. The summed E-state index contributed by atoms with van der Waals surface area (Å²) >= 11 is 0. The summed E-state index contributed by atoms with van der Waals surface area (Å²) in [5.41, 5.74) is 5.37. The Morgan fingerprint density at radius 2 is 1.68 bits per heavy atom. The first-order chi connectivity index (χ1) is 12.2. The molecule has 0 saturated heterocycles. The summed E-state index contributed by atoms with van der Waals surface area (Å²) in [6.45, 7) is 0.217. The van der Waals surface area contributed by atoms with Crippen molar-refractivity contribution < 1.29 is 19.6 Å². The summed E-state index contributed by atoms with van der Waals surface area (Å²) in [5.74, 6) is -1.07. The van der Waals surface area contributed by atoms with Gasteiger partial charge in [-0.05, 0) is 47.3 Å². The van der Waals surface area contributed by atoms with E-state index in [1.807, 2.05) is 24.3 Å². The molecule has 0 saturated carbocycles. The summed E-state index contributed by atoms with van der Waals surface area (Å²) in [6, 6.07) is 13.5. The van der Waals surface area contributed by atoms with Gasteiger partial charge in [0, 0.05) is 28.9 Å². The van der Waals surface area contributed by atoms with Crippen molar-refractivity contribution in [2.24, 2.45) is 0 Å². The van der Waals surface area contributed by atoms with Gasteiger partial charge in [-0.25, -0.2) is 11.0 Å². The van der Waals surface area contributed by atoms with Crippen LogP contribution in [0.1, 0.15) is 26.3 Å². The maximum absolute atomic E-state index is 12.0. The monoisotopic (exact) mass is 337 g/mol. The van der Waals surface area contributed by atoms with E-state index in [1.54, 1.807) is 12.4 Å². The number of hydrogen-bond acceptors (Lipinski definition) is 5. The molecule has 2 amide bonds. The minimum absolute atomic E-state index is 0.217. The fourth-order valence-corrected chi connectivity index (χ4v) is 2.30. The van der Waals surface area contributed by atoms with Gasteiger partial charge in [0.1, 0.15) is 0 Å². The Morgan fingerprint density at radius 1 is 0.960 bits per heavy atom. The molecule has 7 nitrogen and oxygen atoms in total. The van der Waals surface area contributed by atoms with E-state index in [0.29, 0.717) is 5.56 Å². The van der Waals surface area contributed by atoms with Gasteiger partial charge in [-0.2, -0.15) is 0 Å². The number of hydrogen-bond donors (Lipinski definition) is 3. The molecule has 0 bridgehead atoms. The number of fused-ring (bicyclic) bond motifs is 1.